The second-order valence-corrected chi connectivity index (χ2v) is 8.89. The van der Waals surface area contributed by atoms with Gasteiger partial charge in [-0.3, -0.25) is 4.79 Å². The highest BCUT2D eigenvalue weighted by molar-refractivity contribution is 7.99. The fraction of sp³-hybridized carbons (Fsp3) is 0.185. The molecule has 1 aromatic heterocycles. The zero-order chi connectivity index (χ0) is 26.2. The number of nitrogens with one attached hydrogen (secondary N) is 2. The van der Waals surface area contributed by atoms with Crippen molar-refractivity contribution in [3.8, 4) is 34.3 Å². The molecule has 2 N–H and O–H groups in total. The van der Waals surface area contributed by atoms with Gasteiger partial charge in [-0.25, -0.2) is 5.43 Å². The minimum Gasteiger partial charge on any atom is -0.870 e. The first-order valence-corrected chi connectivity index (χ1v) is 12.6. The number of ether oxygens (including phenoxy) is 2. The highest BCUT2D eigenvalue weighted by atomic mass is 32.2. The third-order valence-corrected chi connectivity index (χ3v) is 6.30. The van der Waals surface area contributed by atoms with E-state index in [1.165, 1.54) is 18.0 Å². The van der Waals surface area contributed by atoms with Gasteiger partial charge >= 0.3 is 5.16 Å². The molecule has 0 spiro atoms. The molecule has 0 saturated heterocycles. The molecule has 0 aliphatic carbocycles. The lowest BCUT2D eigenvalue weighted by Crippen LogP contribution is -2.34. The molecule has 0 atom stereocenters. The van der Waals surface area contributed by atoms with Gasteiger partial charge in [0.25, 0.3) is 11.7 Å². The quantitative estimate of drug-likeness (QED) is 0.144. The van der Waals surface area contributed by atoms with E-state index < -0.39 is 0 Å². The van der Waals surface area contributed by atoms with Crippen molar-refractivity contribution >= 4 is 23.9 Å². The van der Waals surface area contributed by atoms with Gasteiger partial charge in [-0.15, -0.1) is 5.10 Å². The summed E-state index contributed by atoms with van der Waals surface area (Å²) in [5, 5.41) is 24.4. The van der Waals surface area contributed by atoms with Crippen LogP contribution in [0, 0.1) is 6.92 Å². The van der Waals surface area contributed by atoms with Crippen LogP contribution in [0.25, 0.3) is 17.1 Å². The smallest absolute Gasteiger partial charge is 0.342 e. The van der Waals surface area contributed by atoms with Crippen molar-refractivity contribution in [2.75, 3.05) is 19.5 Å². The van der Waals surface area contributed by atoms with Crippen molar-refractivity contribution in [1.82, 2.24) is 15.6 Å². The van der Waals surface area contributed by atoms with Crippen molar-refractivity contribution in [3.63, 3.8) is 0 Å². The van der Waals surface area contributed by atoms with Crippen molar-refractivity contribution in [3.05, 3.63) is 77.9 Å². The lowest BCUT2D eigenvalue weighted by Gasteiger charge is -2.15. The van der Waals surface area contributed by atoms with Gasteiger partial charge in [0, 0.05) is 0 Å². The summed E-state index contributed by atoms with van der Waals surface area (Å²) in [7, 11) is 1.62. The molecular formula is C27H27N5O4S. The van der Waals surface area contributed by atoms with Crippen molar-refractivity contribution in [1.29, 1.82) is 0 Å². The average molecular weight is 518 g/mol. The molecule has 4 aromatic rings. The van der Waals surface area contributed by atoms with Crippen LogP contribution in [0.3, 0.4) is 0 Å². The highest BCUT2D eigenvalue weighted by Gasteiger charge is 2.24. The standard InChI is InChI=1S/C27H27N5O4S/c1-4-36-23-7-5-6-20(25(23)34)16-28-29-24(33)17-37-27-31-30-26(19-10-8-18(2)9-11-19)32(27)21-12-14-22(35-3)15-13-21/h5-16H,4,17H2,1-3H3,(H2,28,29,33,34). The Bertz CT molecular complexity index is 1390. The van der Waals surface area contributed by atoms with Gasteiger partial charge < -0.3 is 14.6 Å². The molecule has 1 heterocycles. The summed E-state index contributed by atoms with van der Waals surface area (Å²) >= 11 is 1.26. The number of carbonyl (C=O) groups excluding carboxylic acids is 1. The van der Waals surface area contributed by atoms with E-state index in [2.05, 4.69) is 20.7 Å². The molecule has 3 aromatic carbocycles. The van der Waals surface area contributed by atoms with E-state index in [1.54, 1.807) is 32.2 Å². The molecule has 0 aliphatic heterocycles. The summed E-state index contributed by atoms with van der Waals surface area (Å²) in [6, 6.07) is 20.6. The van der Waals surface area contributed by atoms with Gasteiger partial charge in [-0.05, 0) is 73.6 Å². The molecule has 190 valence electrons. The van der Waals surface area contributed by atoms with Crippen LogP contribution in [0.15, 0.2) is 77.0 Å². The van der Waals surface area contributed by atoms with Crippen LogP contribution < -0.4 is 24.6 Å². The van der Waals surface area contributed by atoms with Gasteiger partial charge in [0.1, 0.15) is 17.2 Å². The minimum atomic E-state index is -0.337. The Labute approximate surface area is 219 Å². The molecule has 0 aliphatic rings. The van der Waals surface area contributed by atoms with E-state index in [9.17, 15) is 9.90 Å². The number of amides is 1. The number of benzene rings is 3. The third-order valence-electron chi connectivity index (χ3n) is 5.36. The predicted molar refractivity (Wildman–Crippen MR) is 140 cm³/mol. The Hall–Kier alpha value is -4.31. The molecule has 0 bridgehead atoms. The fourth-order valence-corrected chi connectivity index (χ4v) is 4.27. The summed E-state index contributed by atoms with van der Waals surface area (Å²) in [5.41, 5.74) is 5.76. The number of H-pyrrole nitrogens is 1. The Morgan fingerprint density at radius 2 is 1.92 bits per heavy atom. The van der Waals surface area contributed by atoms with E-state index in [0.717, 1.165) is 28.4 Å². The number of nitrogens with zero attached hydrogens (tertiary/aromatic N) is 3. The second kappa shape index (κ2) is 12.1. The molecule has 9 nitrogen and oxygen atoms in total. The number of para-hydroxylation sites is 1. The van der Waals surface area contributed by atoms with Crippen LogP contribution in [-0.4, -0.2) is 41.8 Å². The maximum Gasteiger partial charge on any atom is 0.342 e. The molecule has 10 heteroatoms. The number of hydrogen-bond acceptors (Lipinski definition) is 7. The largest absolute Gasteiger partial charge is 0.870 e. The number of aromatic amines is 1. The van der Waals surface area contributed by atoms with E-state index in [1.807, 2.05) is 60.0 Å². The van der Waals surface area contributed by atoms with Crippen LogP contribution in [0.2, 0.25) is 0 Å². The number of rotatable bonds is 10. The van der Waals surface area contributed by atoms with Crippen LogP contribution in [0.4, 0.5) is 0 Å². The number of aryl methyl sites for hydroxylation is 1. The van der Waals surface area contributed by atoms with Crippen molar-refractivity contribution in [2.45, 2.75) is 19.0 Å². The van der Waals surface area contributed by atoms with E-state index in [-0.39, 0.29) is 23.2 Å². The maximum atomic E-state index is 12.5. The number of carbonyl (C=O) groups is 1. The number of hydrazone groups is 1. The van der Waals surface area contributed by atoms with Gasteiger partial charge in [-0.2, -0.15) is 9.67 Å². The maximum absolute atomic E-state index is 12.5. The molecule has 4 rings (SSSR count). The summed E-state index contributed by atoms with van der Waals surface area (Å²) in [5.74, 6) is 1.22. The Morgan fingerprint density at radius 1 is 1.16 bits per heavy atom. The van der Waals surface area contributed by atoms with Crippen LogP contribution in [0.5, 0.6) is 17.2 Å². The summed E-state index contributed by atoms with van der Waals surface area (Å²) < 4.78 is 12.5. The molecule has 0 radical (unpaired) electrons. The topological polar surface area (TPSA) is 116 Å². The summed E-state index contributed by atoms with van der Waals surface area (Å²) in [6.07, 6.45) is 1.31. The van der Waals surface area contributed by atoms with Crippen molar-refractivity contribution < 1.29 is 23.9 Å². The Kier molecular flexibility index (Phi) is 8.42. The van der Waals surface area contributed by atoms with Crippen LogP contribution in [0.1, 0.15) is 18.1 Å². The lowest BCUT2D eigenvalue weighted by molar-refractivity contribution is -0.625. The average Bonchev–Trinajstić information content (AvgIpc) is 3.34. The molecular weight excluding hydrogens is 490 g/mol. The van der Waals surface area contributed by atoms with Gasteiger partial charge in [0.15, 0.2) is 0 Å². The zero-order valence-corrected chi connectivity index (χ0v) is 21.5. The van der Waals surface area contributed by atoms with Gasteiger partial charge in [0.2, 0.25) is 0 Å². The number of aromatic nitrogens is 3. The van der Waals surface area contributed by atoms with E-state index >= 15 is 0 Å². The number of methoxy groups -OCH3 is 1. The van der Waals surface area contributed by atoms with E-state index in [0.29, 0.717) is 17.3 Å². The summed E-state index contributed by atoms with van der Waals surface area (Å²) in [4.78, 5) is 12.5. The minimum absolute atomic E-state index is 0.0644. The SMILES string of the molecule is CCOc1cccc(C=NNC(=O)CSc2n[nH]c(-c3ccc(C)cc3)[n+]2-c2ccc(OC)cc2)c1[O-]. The number of thioether (sulfide) groups is 1. The van der Waals surface area contributed by atoms with Gasteiger partial charge in [0.05, 0.1) is 36.3 Å². The monoisotopic (exact) mass is 517 g/mol. The fourth-order valence-electron chi connectivity index (χ4n) is 3.51. The Balaban J connectivity index is 1.50. The molecule has 0 saturated carbocycles. The van der Waals surface area contributed by atoms with Gasteiger partial charge in [-0.1, -0.05) is 35.6 Å². The molecule has 37 heavy (non-hydrogen) atoms. The second-order valence-electron chi connectivity index (χ2n) is 7.94. The molecule has 1 amide bonds. The van der Waals surface area contributed by atoms with E-state index in [4.69, 9.17) is 9.47 Å². The summed E-state index contributed by atoms with van der Waals surface area (Å²) in [6.45, 7) is 4.23. The highest BCUT2D eigenvalue weighted by Crippen LogP contribution is 2.26. The number of hydrogen-bond donors (Lipinski definition) is 2. The predicted octanol–water partition coefficient (Wildman–Crippen LogP) is 3.39. The Morgan fingerprint density at radius 3 is 2.62 bits per heavy atom. The first-order chi connectivity index (χ1) is 18.0. The normalized spacial score (nSPS) is 11.0. The van der Waals surface area contributed by atoms with Crippen LogP contribution >= 0.6 is 11.8 Å². The first kappa shape index (κ1) is 25.8. The first-order valence-electron chi connectivity index (χ1n) is 11.6. The third kappa shape index (κ3) is 6.28. The molecule has 0 unspecified atom stereocenters. The molecule has 0 fully saturated rings. The zero-order valence-electron chi connectivity index (χ0n) is 20.7. The van der Waals surface area contributed by atoms with Crippen LogP contribution in [-0.2, 0) is 4.79 Å². The lowest BCUT2D eigenvalue weighted by atomic mass is 10.1. The van der Waals surface area contributed by atoms with Crippen molar-refractivity contribution in [2.24, 2.45) is 5.10 Å².